The summed E-state index contributed by atoms with van der Waals surface area (Å²) in [5, 5.41) is 1.90. The predicted octanol–water partition coefficient (Wildman–Crippen LogP) is 7.32. The summed E-state index contributed by atoms with van der Waals surface area (Å²) in [5.41, 5.74) is 7.12. The highest BCUT2D eigenvalue weighted by Crippen LogP contribution is 2.33. The maximum atomic E-state index is 6.17. The number of pyridine rings is 2. The van der Waals surface area contributed by atoms with Gasteiger partial charge in [0, 0.05) is 40.5 Å². The summed E-state index contributed by atoms with van der Waals surface area (Å²) in [6.07, 6.45) is 6.45. The molecule has 0 amide bonds. The fourth-order valence-corrected chi connectivity index (χ4v) is 4.26. The Morgan fingerprint density at radius 3 is 2.32 bits per heavy atom. The van der Waals surface area contributed by atoms with Crippen molar-refractivity contribution >= 4 is 22.5 Å². The zero-order chi connectivity index (χ0) is 21.0. The van der Waals surface area contributed by atoms with Crippen LogP contribution < -0.4 is 0 Å². The van der Waals surface area contributed by atoms with Crippen molar-refractivity contribution in [2.45, 2.75) is 12.3 Å². The van der Waals surface area contributed by atoms with Crippen LogP contribution in [0.2, 0.25) is 5.02 Å². The number of hydrogen-bond donors (Lipinski definition) is 0. The van der Waals surface area contributed by atoms with Crippen LogP contribution in [0, 0.1) is 0 Å². The van der Waals surface area contributed by atoms with Gasteiger partial charge in [-0.25, -0.2) is 0 Å². The molecule has 0 aliphatic rings. The van der Waals surface area contributed by atoms with Crippen molar-refractivity contribution in [1.82, 2.24) is 9.97 Å². The third-order valence-electron chi connectivity index (χ3n) is 5.69. The molecule has 0 saturated heterocycles. The number of para-hydroxylation sites is 1. The molecule has 0 saturated carbocycles. The number of halogens is 1. The second-order valence-corrected chi connectivity index (χ2v) is 8.11. The Hall–Kier alpha value is -3.49. The van der Waals surface area contributed by atoms with Gasteiger partial charge in [0.05, 0.1) is 5.52 Å². The Bertz CT molecular complexity index is 1310. The molecule has 2 nitrogen and oxygen atoms in total. The summed E-state index contributed by atoms with van der Waals surface area (Å²) in [6, 6.07) is 31.6. The lowest BCUT2D eigenvalue weighted by molar-refractivity contribution is 0.804. The van der Waals surface area contributed by atoms with E-state index in [1.54, 1.807) is 0 Å². The maximum Gasteiger partial charge on any atom is 0.0780 e. The molecule has 3 aromatic carbocycles. The molecule has 150 valence electrons. The van der Waals surface area contributed by atoms with Gasteiger partial charge < -0.3 is 0 Å². The van der Waals surface area contributed by atoms with E-state index in [-0.39, 0.29) is 5.92 Å². The summed E-state index contributed by atoms with van der Waals surface area (Å²) in [5.74, 6) is 0.211. The number of rotatable bonds is 5. The van der Waals surface area contributed by atoms with Gasteiger partial charge in [-0.15, -0.1) is 0 Å². The largest absolute Gasteiger partial charge is 0.265 e. The van der Waals surface area contributed by atoms with Gasteiger partial charge in [0.2, 0.25) is 0 Å². The average Bonchev–Trinajstić information content (AvgIpc) is 2.83. The molecule has 0 radical (unpaired) electrons. The number of fused-ring (bicyclic) bond motifs is 1. The number of hydrogen-bond acceptors (Lipinski definition) is 2. The molecule has 0 bridgehead atoms. The van der Waals surface area contributed by atoms with Crippen LogP contribution in [0.15, 0.2) is 110 Å². The van der Waals surface area contributed by atoms with Gasteiger partial charge in [-0.05, 0) is 59.0 Å². The quantitative estimate of drug-likeness (QED) is 0.297. The smallest absolute Gasteiger partial charge is 0.0780 e. The molecule has 2 aromatic heterocycles. The first-order valence-electron chi connectivity index (χ1n) is 10.4. The van der Waals surface area contributed by atoms with E-state index >= 15 is 0 Å². The molecule has 5 aromatic rings. The summed E-state index contributed by atoms with van der Waals surface area (Å²) >= 11 is 6.17. The first kappa shape index (κ1) is 19.5. The van der Waals surface area contributed by atoms with E-state index in [0.717, 1.165) is 27.9 Å². The highest BCUT2D eigenvalue weighted by atomic mass is 35.5. The normalized spacial score (nSPS) is 12.0. The molecule has 0 spiro atoms. The van der Waals surface area contributed by atoms with E-state index < -0.39 is 0 Å². The minimum Gasteiger partial charge on any atom is -0.265 e. The van der Waals surface area contributed by atoms with Gasteiger partial charge in [-0.2, -0.15) is 0 Å². The SMILES string of the molecule is Clc1ccc(C(Cc2ccncc2)c2cccc(-c3cccc4cccnc34)c2)cc1. The molecule has 1 unspecified atom stereocenters. The van der Waals surface area contributed by atoms with E-state index in [2.05, 4.69) is 82.8 Å². The second kappa shape index (κ2) is 8.71. The maximum absolute atomic E-state index is 6.17. The van der Waals surface area contributed by atoms with E-state index in [4.69, 9.17) is 11.6 Å². The Labute approximate surface area is 187 Å². The minimum absolute atomic E-state index is 0.211. The monoisotopic (exact) mass is 420 g/mol. The van der Waals surface area contributed by atoms with Crippen molar-refractivity contribution in [3.63, 3.8) is 0 Å². The lowest BCUT2D eigenvalue weighted by atomic mass is 9.85. The van der Waals surface area contributed by atoms with Gasteiger partial charge in [-0.3, -0.25) is 9.97 Å². The molecule has 0 N–H and O–H groups in total. The zero-order valence-corrected chi connectivity index (χ0v) is 17.7. The van der Waals surface area contributed by atoms with Crippen molar-refractivity contribution < 1.29 is 0 Å². The molecule has 0 fully saturated rings. The molecule has 1 atom stereocenters. The predicted molar refractivity (Wildman–Crippen MR) is 128 cm³/mol. The van der Waals surface area contributed by atoms with E-state index in [0.29, 0.717) is 0 Å². The molecule has 31 heavy (non-hydrogen) atoms. The van der Waals surface area contributed by atoms with E-state index in [9.17, 15) is 0 Å². The van der Waals surface area contributed by atoms with Crippen LogP contribution in [-0.4, -0.2) is 9.97 Å². The first-order valence-corrected chi connectivity index (χ1v) is 10.7. The average molecular weight is 421 g/mol. The summed E-state index contributed by atoms with van der Waals surface area (Å²) in [4.78, 5) is 8.81. The van der Waals surface area contributed by atoms with Crippen molar-refractivity contribution in [2.75, 3.05) is 0 Å². The fraction of sp³-hybridized carbons (Fsp3) is 0.0714. The molecule has 2 heterocycles. The van der Waals surface area contributed by atoms with Gasteiger partial charge in [0.1, 0.15) is 0 Å². The van der Waals surface area contributed by atoms with Gasteiger partial charge in [0.25, 0.3) is 0 Å². The van der Waals surface area contributed by atoms with E-state index in [1.807, 2.05) is 36.8 Å². The van der Waals surface area contributed by atoms with Gasteiger partial charge in [0.15, 0.2) is 0 Å². The van der Waals surface area contributed by atoms with Crippen LogP contribution in [0.5, 0.6) is 0 Å². The summed E-state index contributed by atoms with van der Waals surface area (Å²) in [7, 11) is 0. The molecular formula is C28H21ClN2. The van der Waals surface area contributed by atoms with Crippen molar-refractivity contribution in [3.8, 4) is 11.1 Å². The van der Waals surface area contributed by atoms with Crippen LogP contribution in [0.1, 0.15) is 22.6 Å². The molecular weight excluding hydrogens is 400 g/mol. The topological polar surface area (TPSA) is 25.8 Å². The van der Waals surface area contributed by atoms with E-state index in [1.165, 1.54) is 22.3 Å². The fourth-order valence-electron chi connectivity index (χ4n) is 4.14. The van der Waals surface area contributed by atoms with Crippen LogP contribution >= 0.6 is 11.6 Å². The molecule has 0 aliphatic carbocycles. The minimum atomic E-state index is 0.211. The third kappa shape index (κ3) is 4.21. The van der Waals surface area contributed by atoms with Gasteiger partial charge in [-0.1, -0.05) is 72.3 Å². The Kier molecular flexibility index (Phi) is 5.47. The third-order valence-corrected chi connectivity index (χ3v) is 5.95. The highest BCUT2D eigenvalue weighted by Gasteiger charge is 2.16. The zero-order valence-electron chi connectivity index (χ0n) is 16.9. The molecule has 3 heteroatoms. The van der Waals surface area contributed by atoms with Crippen LogP contribution in [-0.2, 0) is 6.42 Å². The van der Waals surface area contributed by atoms with Crippen LogP contribution in [0.4, 0.5) is 0 Å². The highest BCUT2D eigenvalue weighted by molar-refractivity contribution is 6.30. The summed E-state index contributed by atoms with van der Waals surface area (Å²) in [6.45, 7) is 0. The van der Waals surface area contributed by atoms with Crippen LogP contribution in [0.3, 0.4) is 0 Å². The van der Waals surface area contributed by atoms with Crippen LogP contribution in [0.25, 0.3) is 22.0 Å². The number of aromatic nitrogens is 2. The Morgan fingerprint density at radius 2 is 1.48 bits per heavy atom. The molecule has 0 aliphatic heterocycles. The number of benzene rings is 3. The van der Waals surface area contributed by atoms with Crippen molar-refractivity contribution in [1.29, 1.82) is 0 Å². The Morgan fingerprint density at radius 1 is 0.710 bits per heavy atom. The second-order valence-electron chi connectivity index (χ2n) is 7.67. The number of nitrogens with zero attached hydrogens (tertiary/aromatic N) is 2. The lowest BCUT2D eigenvalue weighted by Gasteiger charge is -2.20. The summed E-state index contributed by atoms with van der Waals surface area (Å²) < 4.78 is 0. The first-order chi connectivity index (χ1) is 15.3. The van der Waals surface area contributed by atoms with Crippen molar-refractivity contribution in [3.05, 3.63) is 131 Å². The standard InChI is InChI=1S/C28H21ClN2/c29-25-11-9-21(10-12-25)27(18-20-13-16-30-17-14-20)24-6-1-5-23(19-24)26-8-2-4-22-7-3-15-31-28(22)26/h1-17,19,27H,18H2. The van der Waals surface area contributed by atoms with Crippen molar-refractivity contribution in [2.24, 2.45) is 0 Å². The molecule has 5 rings (SSSR count). The Balaban J connectivity index is 1.60. The van der Waals surface area contributed by atoms with Gasteiger partial charge >= 0.3 is 0 Å². The lowest BCUT2D eigenvalue weighted by Crippen LogP contribution is -2.05.